The van der Waals surface area contributed by atoms with Crippen molar-refractivity contribution >= 4 is 0 Å². The van der Waals surface area contributed by atoms with Gasteiger partial charge in [-0.1, -0.05) is 12.0 Å². The largest absolute Gasteiger partial charge is 0.302 e. The molecule has 0 spiro atoms. The molecule has 1 aromatic rings. The van der Waals surface area contributed by atoms with Gasteiger partial charge in [-0.2, -0.15) is 4.39 Å². The summed E-state index contributed by atoms with van der Waals surface area (Å²) in [5, 5.41) is 3.09. The highest BCUT2D eigenvalue weighted by Gasteiger charge is 1.92. The van der Waals surface area contributed by atoms with Crippen molar-refractivity contribution in [1.82, 2.24) is 10.3 Å². The maximum atomic E-state index is 12.4. The van der Waals surface area contributed by atoms with Crippen molar-refractivity contribution < 1.29 is 4.39 Å². The summed E-state index contributed by atoms with van der Waals surface area (Å²) in [5.74, 6) is 5.20. The molecule has 0 amide bonds. The van der Waals surface area contributed by atoms with Crippen LogP contribution in [0.15, 0.2) is 18.3 Å². The highest BCUT2D eigenvalue weighted by molar-refractivity contribution is 5.09. The number of pyridine rings is 1. The zero-order valence-corrected chi connectivity index (χ0v) is 7.47. The minimum atomic E-state index is -0.447. The molecule has 0 atom stereocenters. The van der Waals surface area contributed by atoms with Crippen LogP contribution < -0.4 is 5.32 Å². The normalized spacial score (nSPS) is 9.08. The van der Waals surface area contributed by atoms with Crippen LogP contribution in [0, 0.1) is 17.8 Å². The summed E-state index contributed by atoms with van der Waals surface area (Å²) in [7, 11) is 0. The Labute approximate surface area is 77.2 Å². The van der Waals surface area contributed by atoms with Gasteiger partial charge < -0.3 is 5.32 Å². The van der Waals surface area contributed by atoms with E-state index >= 15 is 0 Å². The van der Waals surface area contributed by atoms with E-state index in [1.54, 1.807) is 13.0 Å². The second kappa shape index (κ2) is 5.28. The van der Waals surface area contributed by atoms with Crippen molar-refractivity contribution in [1.29, 1.82) is 0 Å². The van der Waals surface area contributed by atoms with Gasteiger partial charge >= 0.3 is 0 Å². The Morgan fingerprint density at radius 1 is 1.54 bits per heavy atom. The summed E-state index contributed by atoms with van der Waals surface area (Å²) in [4.78, 5) is 3.54. The number of nitrogens with one attached hydrogen (secondary N) is 1. The number of rotatable bonds is 3. The Balaban J connectivity index is 2.36. The van der Waals surface area contributed by atoms with E-state index in [2.05, 4.69) is 22.1 Å². The van der Waals surface area contributed by atoms with E-state index in [-0.39, 0.29) is 0 Å². The lowest BCUT2D eigenvalue weighted by atomic mass is 10.3. The van der Waals surface area contributed by atoms with E-state index in [0.717, 1.165) is 5.56 Å². The first-order valence-corrected chi connectivity index (χ1v) is 4.03. The number of nitrogens with zero attached hydrogens (tertiary/aromatic N) is 1. The van der Waals surface area contributed by atoms with Crippen molar-refractivity contribution in [2.24, 2.45) is 0 Å². The summed E-state index contributed by atoms with van der Waals surface area (Å²) in [6, 6.07) is 3.05. The summed E-state index contributed by atoms with van der Waals surface area (Å²) in [5.41, 5.74) is 0.958. The van der Waals surface area contributed by atoms with Crippen LogP contribution in [0.1, 0.15) is 12.5 Å². The molecule has 0 saturated carbocycles. The van der Waals surface area contributed by atoms with Gasteiger partial charge in [0.05, 0.1) is 6.54 Å². The smallest absolute Gasteiger partial charge is 0.212 e. The van der Waals surface area contributed by atoms with Crippen LogP contribution in [0.5, 0.6) is 0 Å². The summed E-state index contributed by atoms with van der Waals surface area (Å²) < 4.78 is 12.4. The van der Waals surface area contributed by atoms with Gasteiger partial charge in [0.1, 0.15) is 0 Å². The van der Waals surface area contributed by atoms with Gasteiger partial charge in [0.2, 0.25) is 5.95 Å². The lowest BCUT2D eigenvalue weighted by Gasteiger charge is -1.99. The van der Waals surface area contributed by atoms with Crippen molar-refractivity contribution in [3.63, 3.8) is 0 Å². The third kappa shape index (κ3) is 3.68. The molecule has 0 aliphatic carbocycles. The molecule has 68 valence electrons. The lowest BCUT2D eigenvalue weighted by Crippen LogP contribution is -2.13. The van der Waals surface area contributed by atoms with Crippen LogP contribution in [-0.4, -0.2) is 11.5 Å². The highest BCUT2D eigenvalue weighted by atomic mass is 19.1. The SMILES string of the molecule is CC#CCNCc1ccc(F)nc1. The van der Waals surface area contributed by atoms with Crippen molar-refractivity contribution in [2.45, 2.75) is 13.5 Å². The Morgan fingerprint density at radius 3 is 3.00 bits per heavy atom. The average Bonchev–Trinajstić information content (AvgIpc) is 2.15. The molecule has 2 nitrogen and oxygen atoms in total. The van der Waals surface area contributed by atoms with Gasteiger partial charge in [0.15, 0.2) is 0 Å². The second-order valence-corrected chi connectivity index (χ2v) is 2.52. The fourth-order valence-corrected chi connectivity index (χ4v) is 0.869. The first kappa shape index (κ1) is 9.69. The number of aromatic nitrogens is 1. The molecule has 0 radical (unpaired) electrons. The Kier molecular flexibility index (Phi) is 3.94. The molecule has 1 heterocycles. The molecule has 3 heteroatoms. The first-order valence-electron chi connectivity index (χ1n) is 4.03. The molecule has 0 fully saturated rings. The monoisotopic (exact) mass is 178 g/mol. The Hall–Kier alpha value is -1.40. The van der Waals surface area contributed by atoms with Crippen molar-refractivity contribution in [3.05, 3.63) is 29.8 Å². The van der Waals surface area contributed by atoms with Crippen LogP contribution in [0.2, 0.25) is 0 Å². The van der Waals surface area contributed by atoms with E-state index in [1.807, 2.05) is 0 Å². The standard InChI is InChI=1S/C10H11FN2/c1-2-3-6-12-7-9-4-5-10(11)13-8-9/h4-5,8,12H,6-7H2,1H3. The third-order valence-electron chi connectivity index (χ3n) is 1.51. The first-order chi connectivity index (χ1) is 6.33. The van der Waals surface area contributed by atoms with Crippen LogP contribution in [0.4, 0.5) is 4.39 Å². The molecular formula is C10H11FN2. The fourth-order valence-electron chi connectivity index (χ4n) is 0.869. The molecule has 1 N–H and O–H groups in total. The molecule has 13 heavy (non-hydrogen) atoms. The number of halogens is 1. The van der Waals surface area contributed by atoms with Crippen molar-refractivity contribution in [2.75, 3.05) is 6.54 Å². The summed E-state index contributed by atoms with van der Waals surface area (Å²) >= 11 is 0. The van der Waals surface area contributed by atoms with E-state index in [1.165, 1.54) is 12.3 Å². The molecule has 0 aliphatic rings. The second-order valence-electron chi connectivity index (χ2n) is 2.52. The number of hydrogen-bond donors (Lipinski definition) is 1. The van der Waals surface area contributed by atoms with Gasteiger partial charge in [0.25, 0.3) is 0 Å². The lowest BCUT2D eigenvalue weighted by molar-refractivity contribution is 0.581. The summed E-state index contributed by atoms with van der Waals surface area (Å²) in [6.07, 6.45) is 1.52. The fraction of sp³-hybridized carbons (Fsp3) is 0.300. The predicted octanol–water partition coefficient (Wildman–Crippen LogP) is 1.33. The molecule has 0 aliphatic heterocycles. The Morgan fingerprint density at radius 2 is 2.38 bits per heavy atom. The van der Waals surface area contributed by atoms with Gasteiger partial charge in [-0.3, -0.25) is 0 Å². The average molecular weight is 178 g/mol. The van der Waals surface area contributed by atoms with E-state index in [0.29, 0.717) is 13.1 Å². The maximum absolute atomic E-state index is 12.4. The van der Waals surface area contributed by atoms with Gasteiger partial charge in [-0.15, -0.1) is 5.92 Å². The molecule has 1 rings (SSSR count). The minimum Gasteiger partial charge on any atom is -0.302 e. The highest BCUT2D eigenvalue weighted by Crippen LogP contribution is 1.97. The zero-order valence-electron chi connectivity index (χ0n) is 7.47. The Bertz CT molecular complexity index is 308. The molecular weight excluding hydrogens is 167 g/mol. The van der Waals surface area contributed by atoms with Gasteiger partial charge in [-0.25, -0.2) is 4.98 Å². The third-order valence-corrected chi connectivity index (χ3v) is 1.51. The van der Waals surface area contributed by atoms with Gasteiger partial charge in [-0.05, 0) is 18.6 Å². The van der Waals surface area contributed by atoms with E-state index in [9.17, 15) is 4.39 Å². The van der Waals surface area contributed by atoms with Crippen LogP contribution in [0.25, 0.3) is 0 Å². The van der Waals surface area contributed by atoms with Crippen molar-refractivity contribution in [3.8, 4) is 11.8 Å². The zero-order chi connectivity index (χ0) is 9.52. The summed E-state index contributed by atoms with van der Waals surface area (Å²) in [6.45, 7) is 3.11. The molecule has 1 aromatic heterocycles. The molecule has 0 bridgehead atoms. The van der Waals surface area contributed by atoms with E-state index in [4.69, 9.17) is 0 Å². The van der Waals surface area contributed by atoms with Crippen LogP contribution >= 0.6 is 0 Å². The minimum absolute atomic E-state index is 0.447. The predicted molar refractivity (Wildman–Crippen MR) is 49.4 cm³/mol. The van der Waals surface area contributed by atoms with E-state index < -0.39 is 5.95 Å². The van der Waals surface area contributed by atoms with Crippen LogP contribution in [-0.2, 0) is 6.54 Å². The topological polar surface area (TPSA) is 24.9 Å². The molecule has 0 aromatic carbocycles. The molecule has 0 saturated heterocycles. The molecule has 0 unspecified atom stereocenters. The number of hydrogen-bond acceptors (Lipinski definition) is 2. The maximum Gasteiger partial charge on any atom is 0.212 e. The van der Waals surface area contributed by atoms with Crippen LogP contribution in [0.3, 0.4) is 0 Å². The quantitative estimate of drug-likeness (QED) is 0.429. The van der Waals surface area contributed by atoms with Gasteiger partial charge in [0, 0.05) is 12.7 Å².